The molecule has 1 aromatic rings. The topological polar surface area (TPSA) is 125 Å². The Bertz CT molecular complexity index is 1620. The van der Waals surface area contributed by atoms with E-state index in [1.807, 2.05) is 19.1 Å². The molecule has 9 nitrogen and oxygen atoms in total. The van der Waals surface area contributed by atoms with Gasteiger partial charge >= 0.3 is 18.0 Å². The number of allylic oxidation sites excluding steroid dienone is 2. The third kappa shape index (κ3) is 5.54. The minimum Gasteiger partial charge on any atom is -0.462 e. The number of para-hydroxylation sites is 1. The van der Waals surface area contributed by atoms with Gasteiger partial charge in [0.2, 0.25) is 0 Å². The molecule has 270 valence electrons. The molecule has 1 aromatic carbocycles. The Labute approximate surface area is 295 Å². The number of ketones is 2. The van der Waals surface area contributed by atoms with E-state index in [1.54, 1.807) is 31.2 Å². The second-order valence-electron chi connectivity index (χ2n) is 16.6. The fourth-order valence-corrected chi connectivity index (χ4v) is 11.8. The molecular formula is C41H53NO8. The Morgan fingerprint density at radius 1 is 1.00 bits per heavy atom. The van der Waals surface area contributed by atoms with Gasteiger partial charge in [-0.2, -0.15) is 0 Å². The first kappa shape index (κ1) is 36.1. The molecule has 0 aromatic heterocycles. The third-order valence-electron chi connectivity index (χ3n) is 14.3. The monoisotopic (exact) mass is 687 g/mol. The highest BCUT2D eigenvalue weighted by Gasteiger charge is 2.81. The fraction of sp³-hybridized carbons (Fsp3) is 0.634. The van der Waals surface area contributed by atoms with Crippen molar-refractivity contribution in [3.63, 3.8) is 0 Å². The molecule has 4 fully saturated rings. The Hall–Kier alpha value is -3.75. The molecule has 5 aliphatic carbocycles. The van der Waals surface area contributed by atoms with E-state index < -0.39 is 41.9 Å². The summed E-state index contributed by atoms with van der Waals surface area (Å²) in [5.74, 6) is -1.72. The van der Waals surface area contributed by atoms with Crippen LogP contribution in [0.15, 0.2) is 54.6 Å². The van der Waals surface area contributed by atoms with Crippen LogP contribution in [0.1, 0.15) is 87.0 Å². The van der Waals surface area contributed by atoms with Gasteiger partial charge in [0.1, 0.15) is 6.10 Å². The molecule has 12 atom stereocenters. The molecule has 0 saturated heterocycles. The first-order valence-corrected chi connectivity index (χ1v) is 18.3. The van der Waals surface area contributed by atoms with E-state index >= 15 is 0 Å². The number of anilines is 1. The summed E-state index contributed by atoms with van der Waals surface area (Å²) in [4.78, 5) is 64.6. The second-order valence-corrected chi connectivity index (χ2v) is 16.6. The van der Waals surface area contributed by atoms with Gasteiger partial charge in [-0.05, 0) is 95.8 Å². The van der Waals surface area contributed by atoms with Crippen molar-refractivity contribution in [3.8, 4) is 0 Å². The summed E-state index contributed by atoms with van der Waals surface area (Å²) in [6, 6.07) is 8.91. The zero-order valence-electron chi connectivity index (χ0n) is 30.6. The lowest BCUT2D eigenvalue weighted by Crippen LogP contribution is -2.56. The third-order valence-corrected chi connectivity index (χ3v) is 14.3. The number of Topliss-reactive ketones (excluding diaryl/α,β-unsaturated/α-hetero) is 1. The Kier molecular flexibility index (Phi) is 9.22. The van der Waals surface area contributed by atoms with Gasteiger partial charge in [0, 0.05) is 43.2 Å². The van der Waals surface area contributed by atoms with Crippen molar-refractivity contribution < 1.29 is 38.2 Å². The zero-order valence-corrected chi connectivity index (χ0v) is 30.6. The van der Waals surface area contributed by atoms with E-state index in [-0.39, 0.29) is 57.4 Å². The highest BCUT2D eigenvalue weighted by molar-refractivity contribution is 6.00. The number of carbonyl (C=O) groups excluding carboxylic acids is 5. The van der Waals surface area contributed by atoms with Crippen LogP contribution in [0.4, 0.5) is 10.5 Å². The van der Waals surface area contributed by atoms with Crippen molar-refractivity contribution in [2.45, 2.75) is 99.2 Å². The minimum absolute atomic E-state index is 0.0289. The molecule has 6 rings (SSSR count). The lowest BCUT2D eigenvalue weighted by molar-refractivity contribution is -0.166. The van der Waals surface area contributed by atoms with E-state index in [0.29, 0.717) is 23.9 Å². The van der Waals surface area contributed by atoms with Crippen LogP contribution in [-0.4, -0.2) is 48.4 Å². The van der Waals surface area contributed by atoms with E-state index in [9.17, 15) is 24.0 Å². The summed E-state index contributed by atoms with van der Waals surface area (Å²) < 4.78 is 17.4. The van der Waals surface area contributed by atoms with E-state index in [0.717, 1.165) is 32.1 Å². The van der Waals surface area contributed by atoms with Crippen LogP contribution < -0.4 is 5.32 Å². The molecular weight excluding hydrogens is 634 g/mol. The van der Waals surface area contributed by atoms with Crippen LogP contribution in [0, 0.1) is 57.2 Å². The van der Waals surface area contributed by atoms with Gasteiger partial charge in [0.25, 0.3) is 0 Å². The van der Waals surface area contributed by atoms with Crippen molar-refractivity contribution in [1.29, 1.82) is 0 Å². The number of fused-ring (bicyclic) bond motifs is 2. The average Bonchev–Trinajstić information content (AvgIpc) is 3.67. The highest BCUT2D eigenvalue weighted by atomic mass is 16.6. The molecule has 2 spiro atoms. The number of ether oxygens (including phenoxy) is 3. The zero-order chi connectivity index (χ0) is 36.4. The van der Waals surface area contributed by atoms with Gasteiger partial charge in [-0.3, -0.25) is 24.5 Å². The molecule has 0 radical (unpaired) electrons. The maximum atomic E-state index is 14.3. The first-order valence-electron chi connectivity index (χ1n) is 18.3. The molecule has 0 heterocycles. The van der Waals surface area contributed by atoms with E-state index in [2.05, 4.69) is 38.7 Å². The fourth-order valence-electron chi connectivity index (χ4n) is 11.8. The normalized spacial score (nSPS) is 38.1. The van der Waals surface area contributed by atoms with Crippen LogP contribution >= 0.6 is 0 Å². The maximum absolute atomic E-state index is 14.3. The lowest BCUT2D eigenvalue weighted by Gasteiger charge is -2.61. The number of carbonyl (C=O) groups is 5. The maximum Gasteiger partial charge on any atom is 0.411 e. The minimum atomic E-state index is -1.16. The van der Waals surface area contributed by atoms with Gasteiger partial charge in [-0.15, -0.1) is 0 Å². The molecule has 50 heavy (non-hydrogen) atoms. The molecule has 1 amide bonds. The summed E-state index contributed by atoms with van der Waals surface area (Å²) in [7, 11) is 0. The molecule has 9 heteroatoms. The SMILES string of the molecule is C=C(C(=O)[C@H](OC(C)=O)[C@@H](C)[C@H]1[C@@H](OC(C)=O)C[C@@]2(C)[C@@H]3CC[C@H]4[C@H](C)C(=O)C=C[C@@]45C[C@@]35CC[C@]12C)[C@@H](C)COC(=O)Nc1ccccc1. The Morgan fingerprint density at radius 3 is 2.36 bits per heavy atom. The first-order chi connectivity index (χ1) is 23.5. The molecule has 4 saturated carbocycles. The van der Waals surface area contributed by atoms with Crippen molar-refractivity contribution in [3.05, 3.63) is 54.6 Å². The molecule has 0 unspecified atom stereocenters. The lowest BCUT2D eigenvalue weighted by atomic mass is 9.43. The van der Waals surface area contributed by atoms with Crippen LogP contribution in [0.2, 0.25) is 0 Å². The predicted molar refractivity (Wildman–Crippen MR) is 188 cm³/mol. The van der Waals surface area contributed by atoms with Crippen LogP contribution in [0.5, 0.6) is 0 Å². The van der Waals surface area contributed by atoms with E-state index in [1.165, 1.54) is 13.8 Å². The predicted octanol–water partition coefficient (Wildman–Crippen LogP) is 7.50. The van der Waals surface area contributed by atoms with Gasteiger partial charge in [-0.25, -0.2) is 4.79 Å². The van der Waals surface area contributed by atoms with Crippen molar-refractivity contribution >= 4 is 35.3 Å². The van der Waals surface area contributed by atoms with Crippen molar-refractivity contribution in [2.75, 3.05) is 11.9 Å². The number of hydrogen-bond acceptors (Lipinski definition) is 8. The van der Waals surface area contributed by atoms with Crippen molar-refractivity contribution in [1.82, 2.24) is 0 Å². The average molecular weight is 688 g/mol. The second kappa shape index (κ2) is 12.8. The smallest absolute Gasteiger partial charge is 0.411 e. The highest BCUT2D eigenvalue weighted by Crippen LogP contribution is 2.87. The number of esters is 2. The number of rotatable bonds is 10. The summed E-state index contributed by atoms with van der Waals surface area (Å²) in [6.07, 6.45) is 7.42. The molecule has 1 N–H and O–H groups in total. The summed E-state index contributed by atoms with van der Waals surface area (Å²) >= 11 is 0. The summed E-state index contributed by atoms with van der Waals surface area (Å²) in [5, 5.41) is 2.66. The Morgan fingerprint density at radius 2 is 1.70 bits per heavy atom. The largest absolute Gasteiger partial charge is 0.462 e. The van der Waals surface area contributed by atoms with Crippen molar-refractivity contribution in [2.24, 2.45) is 57.2 Å². The van der Waals surface area contributed by atoms with Gasteiger partial charge in [-0.1, -0.05) is 65.5 Å². The van der Waals surface area contributed by atoms with Gasteiger partial charge < -0.3 is 14.2 Å². The van der Waals surface area contributed by atoms with Crippen LogP contribution in [0.25, 0.3) is 0 Å². The summed E-state index contributed by atoms with van der Waals surface area (Å²) in [5.41, 5.74) is 0.379. The number of nitrogens with one attached hydrogen (secondary N) is 1. The number of benzene rings is 1. The molecule has 5 aliphatic rings. The number of hydrogen-bond donors (Lipinski definition) is 1. The number of amides is 1. The van der Waals surface area contributed by atoms with E-state index in [4.69, 9.17) is 14.2 Å². The van der Waals surface area contributed by atoms with Gasteiger partial charge in [0.05, 0.1) is 6.61 Å². The van der Waals surface area contributed by atoms with Crippen LogP contribution in [0.3, 0.4) is 0 Å². The standard InChI is InChI=1S/C41H53NO8/c1-23(21-48-37(47)42-29-12-10-9-11-13-29)24(2)35(46)36(50-28(6)44)26(4)34-32(49-27(5)43)20-39(8)33-15-14-30-25(3)31(45)16-17-40(30)22-41(33,40)19-18-38(34,39)7/h9-13,16-17,23,25-26,30,32-34,36H,2,14-15,18-22H2,1,3-8H3,(H,42,47)/t23-,25-,26-,30-,32-,33-,34-,36+,38+,39-,40+,41-/m0/s1. The molecule has 0 bridgehead atoms. The van der Waals surface area contributed by atoms with Gasteiger partial charge in [0.15, 0.2) is 17.7 Å². The van der Waals surface area contributed by atoms with Crippen LogP contribution in [-0.2, 0) is 33.4 Å². The Balaban J connectivity index is 1.25. The molecule has 0 aliphatic heterocycles. The quantitative estimate of drug-likeness (QED) is 0.152. The summed E-state index contributed by atoms with van der Waals surface area (Å²) in [6.45, 7) is 17.1.